The third kappa shape index (κ3) is 3.80. The van der Waals surface area contributed by atoms with E-state index in [4.69, 9.17) is 4.74 Å². The highest BCUT2D eigenvalue weighted by Crippen LogP contribution is 2.36. The van der Waals surface area contributed by atoms with Gasteiger partial charge in [0.05, 0.1) is 6.04 Å². The van der Waals surface area contributed by atoms with Crippen LogP contribution in [-0.4, -0.2) is 18.5 Å². The highest BCUT2D eigenvalue weighted by atomic mass is 35.5. The van der Waals surface area contributed by atoms with Crippen LogP contribution in [0.3, 0.4) is 0 Å². The highest BCUT2D eigenvalue weighted by Gasteiger charge is 2.37. The van der Waals surface area contributed by atoms with Crippen molar-refractivity contribution < 1.29 is 9.53 Å². The second kappa shape index (κ2) is 6.53. The van der Waals surface area contributed by atoms with Crippen LogP contribution in [0.1, 0.15) is 32.4 Å². The minimum atomic E-state index is -0.327. The van der Waals surface area contributed by atoms with E-state index in [1.165, 1.54) is 4.90 Å². The fourth-order valence-corrected chi connectivity index (χ4v) is 2.81. The van der Waals surface area contributed by atoms with E-state index in [0.29, 0.717) is 6.61 Å². The molecule has 3 nitrogen and oxygen atoms in total. The first-order valence-electron chi connectivity index (χ1n) is 6.19. The lowest BCUT2D eigenvalue weighted by atomic mass is 9.80. The second-order valence-corrected chi connectivity index (χ2v) is 6.48. The van der Waals surface area contributed by atoms with Crippen LogP contribution in [0.4, 0.5) is 4.79 Å². The molecule has 1 fully saturated rings. The van der Waals surface area contributed by atoms with Gasteiger partial charge < -0.3 is 10.1 Å². The number of rotatable bonds is 3. The van der Waals surface area contributed by atoms with Gasteiger partial charge in [0.1, 0.15) is 6.61 Å². The van der Waals surface area contributed by atoms with Crippen LogP contribution >= 0.6 is 24.2 Å². The SMILES string of the molecule is CCSc1ccc([C@@H]2NC(=O)OCC2(C)C)cc1.Cl. The van der Waals surface area contributed by atoms with Crippen molar-refractivity contribution in [3.63, 3.8) is 0 Å². The van der Waals surface area contributed by atoms with Gasteiger partial charge >= 0.3 is 6.09 Å². The van der Waals surface area contributed by atoms with Gasteiger partial charge in [-0.25, -0.2) is 4.79 Å². The monoisotopic (exact) mass is 301 g/mol. The summed E-state index contributed by atoms with van der Waals surface area (Å²) in [4.78, 5) is 12.6. The van der Waals surface area contributed by atoms with Gasteiger partial charge in [0.25, 0.3) is 0 Å². The minimum absolute atomic E-state index is 0. The first kappa shape index (κ1) is 16.2. The first-order chi connectivity index (χ1) is 8.53. The van der Waals surface area contributed by atoms with Crippen LogP contribution in [-0.2, 0) is 4.74 Å². The lowest BCUT2D eigenvalue weighted by Crippen LogP contribution is -2.46. The Hall–Kier alpha value is -0.870. The Bertz CT molecular complexity index is 434. The molecule has 1 aliphatic rings. The molecule has 1 saturated heterocycles. The van der Waals surface area contributed by atoms with Crippen LogP contribution in [0.25, 0.3) is 0 Å². The zero-order valence-corrected chi connectivity index (χ0v) is 13.1. The molecule has 0 spiro atoms. The number of nitrogens with one attached hydrogen (secondary N) is 1. The molecule has 0 aliphatic carbocycles. The van der Waals surface area contributed by atoms with Crippen molar-refractivity contribution >= 4 is 30.3 Å². The van der Waals surface area contributed by atoms with Crippen LogP contribution in [0.2, 0.25) is 0 Å². The Kier molecular flexibility index (Phi) is 5.56. The fourth-order valence-electron chi connectivity index (χ4n) is 2.15. The normalized spacial score (nSPS) is 21.0. The molecule has 1 aromatic rings. The Morgan fingerprint density at radius 2 is 2.00 bits per heavy atom. The molecule has 1 aliphatic heterocycles. The Balaban J connectivity index is 0.00000180. The van der Waals surface area contributed by atoms with E-state index in [0.717, 1.165) is 11.3 Å². The number of carbonyl (C=O) groups is 1. The Labute approximate surface area is 124 Å². The van der Waals surface area contributed by atoms with E-state index in [-0.39, 0.29) is 30.0 Å². The number of thioether (sulfide) groups is 1. The predicted octanol–water partition coefficient (Wildman–Crippen LogP) is 4.03. The maximum atomic E-state index is 11.4. The van der Waals surface area contributed by atoms with Crippen molar-refractivity contribution in [1.82, 2.24) is 5.32 Å². The molecule has 0 unspecified atom stereocenters. The topological polar surface area (TPSA) is 38.3 Å². The molecule has 1 amide bonds. The lowest BCUT2D eigenvalue weighted by Gasteiger charge is -2.38. The number of cyclic esters (lactones) is 1. The molecular formula is C14H20ClNO2S. The number of amides is 1. The summed E-state index contributed by atoms with van der Waals surface area (Å²) in [6, 6.07) is 8.42. The van der Waals surface area contributed by atoms with E-state index in [9.17, 15) is 4.79 Å². The van der Waals surface area contributed by atoms with Gasteiger partial charge in [-0.15, -0.1) is 24.2 Å². The predicted molar refractivity (Wildman–Crippen MR) is 81.1 cm³/mol. The van der Waals surface area contributed by atoms with Crippen molar-refractivity contribution in [3.05, 3.63) is 29.8 Å². The molecule has 5 heteroatoms. The van der Waals surface area contributed by atoms with E-state index >= 15 is 0 Å². The largest absolute Gasteiger partial charge is 0.449 e. The summed E-state index contributed by atoms with van der Waals surface area (Å²) in [7, 11) is 0. The minimum Gasteiger partial charge on any atom is -0.449 e. The number of hydrogen-bond acceptors (Lipinski definition) is 3. The maximum Gasteiger partial charge on any atom is 0.407 e. The fraction of sp³-hybridized carbons (Fsp3) is 0.500. The van der Waals surface area contributed by atoms with Crippen molar-refractivity contribution in [3.8, 4) is 0 Å². The maximum absolute atomic E-state index is 11.4. The molecule has 19 heavy (non-hydrogen) atoms. The van der Waals surface area contributed by atoms with Gasteiger partial charge in [-0.2, -0.15) is 0 Å². The van der Waals surface area contributed by atoms with Crippen LogP contribution in [0, 0.1) is 5.41 Å². The van der Waals surface area contributed by atoms with Gasteiger partial charge in [-0.3, -0.25) is 0 Å². The van der Waals surface area contributed by atoms with Gasteiger partial charge in [0.15, 0.2) is 0 Å². The Morgan fingerprint density at radius 3 is 2.58 bits per heavy atom. The third-order valence-corrected chi connectivity index (χ3v) is 4.04. The standard InChI is InChI=1S/C14H19NO2S.ClH/c1-4-18-11-7-5-10(6-8-11)12-14(2,3)9-17-13(16)15-12;/h5-8,12H,4,9H2,1-3H3,(H,15,16);1H/t12-;/m0./s1. The number of benzene rings is 1. The molecule has 1 N–H and O–H groups in total. The zero-order chi connectivity index (χ0) is 13.2. The van der Waals surface area contributed by atoms with E-state index in [1.54, 1.807) is 0 Å². The van der Waals surface area contributed by atoms with Crippen LogP contribution in [0.5, 0.6) is 0 Å². The van der Waals surface area contributed by atoms with E-state index in [2.05, 4.69) is 50.4 Å². The molecular weight excluding hydrogens is 282 g/mol. The second-order valence-electron chi connectivity index (χ2n) is 5.14. The third-order valence-electron chi connectivity index (χ3n) is 3.14. The van der Waals surface area contributed by atoms with Crippen LogP contribution < -0.4 is 5.32 Å². The van der Waals surface area contributed by atoms with Gasteiger partial charge in [0, 0.05) is 10.3 Å². The molecule has 0 radical (unpaired) electrons. The number of alkyl carbamates (subject to hydrolysis) is 1. The van der Waals surface area contributed by atoms with E-state index in [1.807, 2.05) is 11.8 Å². The van der Waals surface area contributed by atoms with Crippen molar-refractivity contribution in [2.75, 3.05) is 12.4 Å². The van der Waals surface area contributed by atoms with Crippen LogP contribution in [0.15, 0.2) is 29.2 Å². The molecule has 1 atom stereocenters. The number of halogens is 1. The number of carbonyl (C=O) groups excluding carboxylic acids is 1. The molecule has 2 rings (SSSR count). The average Bonchev–Trinajstić information content (AvgIpc) is 2.34. The first-order valence-corrected chi connectivity index (χ1v) is 7.17. The summed E-state index contributed by atoms with van der Waals surface area (Å²) in [6.07, 6.45) is -0.327. The summed E-state index contributed by atoms with van der Waals surface area (Å²) in [5.74, 6) is 1.07. The van der Waals surface area contributed by atoms with E-state index < -0.39 is 0 Å². The van der Waals surface area contributed by atoms with Crippen molar-refractivity contribution in [1.29, 1.82) is 0 Å². The van der Waals surface area contributed by atoms with Crippen molar-refractivity contribution in [2.45, 2.75) is 31.7 Å². The molecule has 1 heterocycles. The quantitative estimate of drug-likeness (QED) is 0.857. The molecule has 0 saturated carbocycles. The smallest absolute Gasteiger partial charge is 0.407 e. The number of hydrogen-bond donors (Lipinski definition) is 1. The average molecular weight is 302 g/mol. The highest BCUT2D eigenvalue weighted by molar-refractivity contribution is 7.99. The Morgan fingerprint density at radius 1 is 1.37 bits per heavy atom. The van der Waals surface area contributed by atoms with Gasteiger partial charge in [-0.1, -0.05) is 32.9 Å². The summed E-state index contributed by atoms with van der Waals surface area (Å²) in [5, 5.41) is 2.91. The summed E-state index contributed by atoms with van der Waals surface area (Å²) in [6.45, 7) is 6.80. The molecule has 0 bridgehead atoms. The zero-order valence-electron chi connectivity index (χ0n) is 11.4. The van der Waals surface area contributed by atoms with Gasteiger partial charge in [-0.05, 0) is 23.4 Å². The summed E-state index contributed by atoms with van der Waals surface area (Å²) < 4.78 is 5.05. The van der Waals surface area contributed by atoms with Crippen molar-refractivity contribution in [2.24, 2.45) is 5.41 Å². The lowest BCUT2D eigenvalue weighted by molar-refractivity contribution is 0.0387. The van der Waals surface area contributed by atoms with Gasteiger partial charge in [0.2, 0.25) is 0 Å². The molecule has 1 aromatic carbocycles. The summed E-state index contributed by atoms with van der Waals surface area (Å²) >= 11 is 1.82. The molecule has 106 valence electrons. The molecule has 0 aromatic heterocycles. The number of ether oxygens (including phenoxy) is 1. The summed E-state index contributed by atoms with van der Waals surface area (Å²) in [5.41, 5.74) is 1.05.